The van der Waals surface area contributed by atoms with Gasteiger partial charge in [0.1, 0.15) is 13.2 Å². The first-order valence-corrected chi connectivity index (χ1v) is 26.1. The predicted octanol–water partition coefficient (Wildman–Crippen LogP) is 17.1. The van der Waals surface area contributed by atoms with E-state index < -0.39 is 6.10 Å². The van der Waals surface area contributed by atoms with Crippen molar-refractivity contribution in [1.82, 2.24) is 0 Å². The Morgan fingerprint density at radius 2 is 0.590 bits per heavy atom. The van der Waals surface area contributed by atoms with Gasteiger partial charge < -0.3 is 14.2 Å². The molecule has 0 aromatic heterocycles. The minimum atomic E-state index is -0.782. The molecule has 0 heterocycles. The van der Waals surface area contributed by atoms with Crippen LogP contribution in [0, 0.1) is 0 Å². The summed E-state index contributed by atoms with van der Waals surface area (Å²) in [7, 11) is 0. The minimum Gasteiger partial charge on any atom is -0.462 e. The van der Waals surface area contributed by atoms with Crippen LogP contribution in [-0.4, -0.2) is 37.2 Å². The molecule has 0 unspecified atom stereocenters. The van der Waals surface area contributed by atoms with Gasteiger partial charge in [0.15, 0.2) is 6.10 Å². The molecule has 0 aliphatic carbocycles. The van der Waals surface area contributed by atoms with Crippen molar-refractivity contribution >= 4 is 17.9 Å². The number of esters is 3. The average Bonchev–Trinajstić information content (AvgIpc) is 3.26. The van der Waals surface area contributed by atoms with Crippen molar-refractivity contribution in [2.24, 2.45) is 0 Å². The molecule has 0 aliphatic rings. The molecule has 0 N–H and O–H groups in total. The van der Waals surface area contributed by atoms with Crippen molar-refractivity contribution in [3.05, 3.63) is 48.6 Å². The zero-order valence-electron chi connectivity index (χ0n) is 40.4. The number of carbonyl (C=O) groups excluding carboxylic acids is 3. The summed E-state index contributed by atoms with van der Waals surface area (Å²) in [5, 5.41) is 0. The molecule has 0 radical (unpaired) electrons. The van der Waals surface area contributed by atoms with Crippen LogP contribution in [0.1, 0.15) is 265 Å². The van der Waals surface area contributed by atoms with Crippen LogP contribution in [0.25, 0.3) is 0 Å². The van der Waals surface area contributed by atoms with E-state index in [-0.39, 0.29) is 31.1 Å². The number of unbranched alkanes of at least 4 members (excludes halogenated alkanes) is 28. The lowest BCUT2D eigenvalue weighted by Gasteiger charge is -2.18. The third-order valence-electron chi connectivity index (χ3n) is 11.3. The molecule has 0 saturated carbocycles. The van der Waals surface area contributed by atoms with E-state index in [1.165, 1.54) is 141 Å². The summed E-state index contributed by atoms with van der Waals surface area (Å²) >= 11 is 0. The lowest BCUT2D eigenvalue weighted by Crippen LogP contribution is -2.30. The molecular weight excluding hydrogens is 757 g/mol. The van der Waals surface area contributed by atoms with Gasteiger partial charge in [-0.15, -0.1) is 0 Å². The van der Waals surface area contributed by atoms with Crippen LogP contribution in [-0.2, 0) is 28.6 Å². The summed E-state index contributed by atoms with van der Waals surface area (Å²) in [5.74, 6) is -0.903. The van der Waals surface area contributed by atoms with Crippen molar-refractivity contribution in [2.75, 3.05) is 13.2 Å². The number of hydrogen-bond acceptors (Lipinski definition) is 6. The summed E-state index contributed by atoms with van der Waals surface area (Å²) in [6.45, 7) is 6.57. The van der Waals surface area contributed by atoms with Crippen LogP contribution in [0.2, 0.25) is 0 Å². The first-order valence-electron chi connectivity index (χ1n) is 26.1. The van der Waals surface area contributed by atoms with Gasteiger partial charge in [-0.25, -0.2) is 0 Å². The molecule has 61 heavy (non-hydrogen) atoms. The fourth-order valence-electron chi connectivity index (χ4n) is 7.28. The third-order valence-corrected chi connectivity index (χ3v) is 11.3. The lowest BCUT2D eigenvalue weighted by atomic mass is 10.1. The monoisotopic (exact) mass is 855 g/mol. The minimum absolute atomic E-state index is 0.0830. The second-order valence-corrected chi connectivity index (χ2v) is 17.4. The zero-order chi connectivity index (χ0) is 44.4. The molecule has 1 atom stereocenters. The Balaban J connectivity index is 4.41. The van der Waals surface area contributed by atoms with Gasteiger partial charge in [-0.2, -0.15) is 0 Å². The Hall–Kier alpha value is -2.63. The molecule has 0 rings (SSSR count). The Morgan fingerprint density at radius 3 is 0.951 bits per heavy atom. The van der Waals surface area contributed by atoms with Gasteiger partial charge in [0.05, 0.1) is 0 Å². The van der Waals surface area contributed by atoms with Crippen LogP contribution in [0.5, 0.6) is 0 Å². The van der Waals surface area contributed by atoms with Crippen molar-refractivity contribution in [3.63, 3.8) is 0 Å². The molecule has 0 aromatic rings. The maximum absolute atomic E-state index is 12.8. The van der Waals surface area contributed by atoms with E-state index >= 15 is 0 Å². The predicted molar refractivity (Wildman–Crippen MR) is 261 cm³/mol. The molecule has 0 amide bonds. The second kappa shape index (κ2) is 50.0. The molecular formula is C55H98O6. The molecule has 6 heteroatoms. The smallest absolute Gasteiger partial charge is 0.306 e. The summed E-state index contributed by atoms with van der Waals surface area (Å²) in [6.07, 6.45) is 59.4. The van der Waals surface area contributed by atoms with Gasteiger partial charge in [-0.05, 0) is 103 Å². The van der Waals surface area contributed by atoms with Gasteiger partial charge in [-0.3, -0.25) is 14.4 Å². The van der Waals surface area contributed by atoms with E-state index in [1.807, 2.05) is 0 Å². The highest BCUT2D eigenvalue weighted by Gasteiger charge is 2.19. The highest BCUT2D eigenvalue weighted by Crippen LogP contribution is 2.14. The van der Waals surface area contributed by atoms with Crippen molar-refractivity contribution in [3.8, 4) is 0 Å². The van der Waals surface area contributed by atoms with Crippen LogP contribution in [0.4, 0.5) is 0 Å². The standard InChI is InChI=1S/C55H98O6/c1-4-7-10-13-16-19-22-25-27-30-33-36-39-42-45-48-54(57)60-51-52(50-59-53(56)47-44-41-38-35-32-29-24-21-18-15-12-9-6-3)61-55(58)49-46-43-40-37-34-31-28-26-23-20-17-14-11-8-5-2/h16,19-21,23-25,27,52H,4-15,17-18,22,26,28-51H2,1-3H3/b19-16-,23-20-,24-21-,27-25-/t52-/m0/s1. The Kier molecular flexibility index (Phi) is 47.9. The first-order chi connectivity index (χ1) is 30.0. The summed E-state index contributed by atoms with van der Waals surface area (Å²) in [6, 6.07) is 0. The molecule has 0 bridgehead atoms. The van der Waals surface area contributed by atoms with E-state index in [2.05, 4.69) is 69.4 Å². The molecule has 6 nitrogen and oxygen atoms in total. The van der Waals surface area contributed by atoms with Crippen LogP contribution in [0.3, 0.4) is 0 Å². The van der Waals surface area contributed by atoms with Crippen LogP contribution < -0.4 is 0 Å². The Morgan fingerprint density at radius 1 is 0.328 bits per heavy atom. The molecule has 0 spiro atoms. The quantitative estimate of drug-likeness (QED) is 0.0263. The van der Waals surface area contributed by atoms with Crippen molar-refractivity contribution < 1.29 is 28.6 Å². The number of rotatable bonds is 47. The van der Waals surface area contributed by atoms with Gasteiger partial charge in [0.2, 0.25) is 0 Å². The second-order valence-electron chi connectivity index (χ2n) is 17.4. The maximum Gasteiger partial charge on any atom is 0.306 e. The van der Waals surface area contributed by atoms with E-state index in [4.69, 9.17) is 14.2 Å². The first kappa shape index (κ1) is 58.4. The van der Waals surface area contributed by atoms with Crippen molar-refractivity contribution in [1.29, 1.82) is 0 Å². The maximum atomic E-state index is 12.8. The lowest BCUT2D eigenvalue weighted by molar-refractivity contribution is -0.167. The van der Waals surface area contributed by atoms with E-state index in [9.17, 15) is 14.4 Å². The third kappa shape index (κ3) is 48.3. The molecule has 0 aromatic carbocycles. The molecule has 0 aliphatic heterocycles. The van der Waals surface area contributed by atoms with E-state index in [0.29, 0.717) is 19.3 Å². The largest absolute Gasteiger partial charge is 0.462 e. The van der Waals surface area contributed by atoms with Gasteiger partial charge in [0, 0.05) is 19.3 Å². The highest BCUT2D eigenvalue weighted by molar-refractivity contribution is 5.71. The Bertz CT molecular complexity index is 1070. The Labute approximate surface area is 378 Å². The fraction of sp³-hybridized carbons (Fsp3) is 0.800. The molecule has 354 valence electrons. The molecule has 0 fully saturated rings. The van der Waals surface area contributed by atoms with Crippen molar-refractivity contribution in [2.45, 2.75) is 271 Å². The average molecular weight is 855 g/mol. The summed E-state index contributed by atoms with van der Waals surface area (Å²) in [5.41, 5.74) is 0. The van der Waals surface area contributed by atoms with E-state index in [0.717, 1.165) is 83.5 Å². The SMILES string of the molecule is CCCCC/C=C\C/C=C\CCCCCCCC(=O)OC[C@H](COC(=O)CCCCCCC/C=C\CCCCCC)OC(=O)CCCCCCCCC/C=C\CCCCCC. The summed E-state index contributed by atoms with van der Waals surface area (Å²) in [4.78, 5) is 38.0. The van der Waals surface area contributed by atoms with Gasteiger partial charge in [0.25, 0.3) is 0 Å². The fourth-order valence-corrected chi connectivity index (χ4v) is 7.28. The summed E-state index contributed by atoms with van der Waals surface area (Å²) < 4.78 is 16.8. The molecule has 0 saturated heterocycles. The zero-order valence-corrected chi connectivity index (χ0v) is 40.4. The van der Waals surface area contributed by atoms with Gasteiger partial charge in [-0.1, -0.05) is 191 Å². The number of allylic oxidation sites excluding steroid dienone is 8. The number of ether oxygens (including phenoxy) is 3. The topological polar surface area (TPSA) is 78.9 Å². The van der Waals surface area contributed by atoms with Crippen LogP contribution >= 0.6 is 0 Å². The number of carbonyl (C=O) groups is 3. The number of hydrogen-bond donors (Lipinski definition) is 0. The van der Waals surface area contributed by atoms with Gasteiger partial charge >= 0.3 is 17.9 Å². The van der Waals surface area contributed by atoms with E-state index in [1.54, 1.807) is 0 Å². The normalized spacial score (nSPS) is 12.4. The highest BCUT2D eigenvalue weighted by atomic mass is 16.6. The van der Waals surface area contributed by atoms with Crippen LogP contribution in [0.15, 0.2) is 48.6 Å².